The standard InChI is InChI=1S/C13H14ClN3S/c1-9(15)7-10-4-5-12(17-8-10)18-13-11(14)3-2-6-16-13/h2-6,8-9H,7,15H2,1H3. The second kappa shape index (κ2) is 6.18. The number of nitrogens with two attached hydrogens (primary N) is 1. The van der Waals surface area contributed by atoms with Gasteiger partial charge in [-0.05, 0) is 48.9 Å². The Hall–Kier alpha value is -1.10. The summed E-state index contributed by atoms with van der Waals surface area (Å²) in [7, 11) is 0. The summed E-state index contributed by atoms with van der Waals surface area (Å²) in [6, 6.07) is 7.78. The lowest BCUT2D eigenvalue weighted by Crippen LogP contribution is -2.17. The fourth-order valence-electron chi connectivity index (χ4n) is 1.51. The van der Waals surface area contributed by atoms with Gasteiger partial charge in [-0.25, -0.2) is 9.97 Å². The van der Waals surface area contributed by atoms with Gasteiger partial charge in [-0.2, -0.15) is 0 Å². The zero-order valence-electron chi connectivity index (χ0n) is 10.0. The largest absolute Gasteiger partial charge is 0.328 e. The molecule has 3 nitrogen and oxygen atoms in total. The average Bonchev–Trinajstić information content (AvgIpc) is 2.34. The van der Waals surface area contributed by atoms with E-state index in [4.69, 9.17) is 17.3 Å². The van der Waals surface area contributed by atoms with Gasteiger partial charge in [-0.3, -0.25) is 0 Å². The van der Waals surface area contributed by atoms with Crippen LogP contribution in [-0.2, 0) is 6.42 Å². The van der Waals surface area contributed by atoms with Crippen molar-refractivity contribution in [3.63, 3.8) is 0 Å². The summed E-state index contributed by atoms with van der Waals surface area (Å²) in [5, 5.41) is 2.29. The maximum Gasteiger partial charge on any atom is 0.121 e. The topological polar surface area (TPSA) is 51.8 Å². The van der Waals surface area contributed by atoms with Crippen LogP contribution in [0.3, 0.4) is 0 Å². The molecule has 1 atom stereocenters. The molecule has 5 heteroatoms. The van der Waals surface area contributed by atoms with Gasteiger partial charge >= 0.3 is 0 Å². The predicted molar refractivity (Wildman–Crippen MR) is 75.0 cm³/mol. The molecule has 0 aliphatic rings. The van der Waals surface area contributed by atoms with Gasteiger partial charge in [0, 0.05) is 18.4 Å². The van der Waals surface area contributed by atoms with Crippen LogP contribution in [0.25, 0.3) is 0 Å². The molecule has 0 aromatic carbocycles. The number of hydrogen-bond donors (Lipinski definition) is 1. The van der Waals surface area contributed by atoms with Crippen LogP contribution in [0, 0.1) is 0 Å². The van der Waals surface area contributed by atoms with Crippen molar-refractivity contribution < 1.29 is 0 Å². The highest BCUT2D eigenvalue weighted by molar-refractivity contribution is 7.99. The molecular weight excluding hydrogens is 266 g/mol. The molecule has 2 heterocycles. The van der Waals surface area contributed by atoms with E-state index < -0.39 is 0 Å². The monoisotopic (exact) mass is 279 g/mol. The highest BCUT2D eigenvalue weighted by Gasteiger charge is 2.05. The van der Waals surface area contributed by atoms with Gasteiger partial charge in [-0.15, -0.1) is 0 Å². The maximum atomic E-state index is 6.05. The molecule has 0 saturated heterocycles. The normalized spacial score (nSPS) is 12.4. The van der Waals surface area contributed by atoms with Crippen LogP contribution in [0.15, 0.2) is 46.7 Å². The highest BCUT2D eigenvalue weighted by atomic mass is 35.5. The number of pyridine rings is 2. The summed E-state index contributed by atoms with van der Waals surface area (Å²) in [4.78, 5) is 8.59. The van der Waals surface area contributed by atoms with Gasteiger partial charge in [0.15, 0.2) is 0 Å². The van der Waals surface area contributed by atoms with Gasteiger partial charge in [0.25, 0.3) is 0 Å². The Morgan fingerprint density at radius 2 is 2.17 bits per heavy atom. The Kier molecular flexibility index (Phi) is 4.58. The van der Waals surface area contributed by atoms with E-state index >= 15 is 0 Å². The van der Waals surface area contributed by atoms with Crippen molar-refractivity contribution in [2.45, 2.75) is 29.4 Å². The molecule has 0 radical (unpaired) electrons. The van der Waals surface area contributed by atoms with Crippen molar-refractivity contribution in [2.75, 3.05) is 0 Å². The van der Waals surface area contributed by atoms with Crippen molar-refractivity contribution in [1.82, 2.24) is 9.97 Å². The molecule has 0 aliphatic carbocycles. The Morgan fingerprint density at radius 1 is 1.33 bits per heavy atom. The third-order valence-electron chi connectivity index (χ3n) is 2.28. The van der Waals surface area contributed by atoms with Gasteiger partial charge in [-0.1, -0.05) is 17.7 Å². The zero-order valence-corrected chi connectivity index (χ0v) is 11.6. The summed E-state index contributed by atoms with van der Waals surface area (Å²) in [6.45, 7) is 1.98. The average molecular weight is 280 g/mol. The van der Waals surface area contributed by atoms with E-state index in [1.165, 1.54) is 11.8 Å². The summed E-state index contributed by atoms with van der Waals surface area (Å²) >= 11 is 7.50. The first-order valence-electron chi connectivity index (χ1n) is 5.64. The molecule has 0 aliphatic heterocycles. The Labute approximate surface area is 116 Å². The summed E-state index contributed by atoms with van der Waals surface area (Å²) in [5.41, 5.74) is 6.89. The van der Waals surface area contributed by atoms with E-state index in [1.807, 2.05) is 37.4 Å². The lowest BCUT2D eigenvalue weighted by atomic mass is 10.1. The third-order valence-corrected chi connectivity index (χ3v) is 3.67. The Balaban J connectivity index is 2.09. The van der Waals surface area contributed by atoms with Crippen LogP contribution in [-0.4, -0.2) is 16.0 Å². The van der Waals surface area contributed by atoms with Crippen LogP contribution in [0.1, 0.15) is 12.5 Å². The fraction of sp³-hybridized carbons (Fsp3) is 0.231. The summed E-state index contributed by atoms with van der Waals surface area (Å²) in [5.74, 6) is 0. The van der Waals surface area contributed by atoms with Crippen molar-refractivity contribution in [2.24, 2.45) is 5.73 Å². The molecule has 94 valence electrons. The van der Waals surface area contributed by atoms with Crippen LogP contribution in [0.5, 0.6) is 0 Å². The van der Waals surface area contributed by atoms with Crippen LogP contribution in [0.4, 0.5) is 0 Å². The minimum Gasteiger partial charge on any atom is -0.328 e. The van der Waals surface area contributed by atoms with E-state index in [-0.39, 0.29) is 6.04 Å². The van der Waals surface area contributed by atoms with E-state index in [1.54, 1.807) is 6.20 Å². The van der Waals surface area contributed by atoms with Gasteiger partial charge < -0.3 is 5.73 Å². The Morgan fingerprint density at radius 3 is 2.78 bits per heavy atom. The van der Waals surface area contributed by atoms with E-state index in [2.05, 4.69) is 9.97 Å². The molecule has 0 saturated carbocycles. The first-order chi connectivity index (χ1) is 8.65. The fourth-order valence-corrected chi connectivity index (χ4v) is 2.47. The zero-order chi connectivity index (χ0) is 13.0. The lowest BCUT2D eigenvalue weighted by molar-refractivity contribution is 0.734. The summed E-state index contributed by atoms with van der Waals surface area (Å²) < 4.78 is 0. The van der Waals surface area contributed by atoms with Crippen molar-refractivity contribution in [3.8, 4) is 0 Å². The number of rotatable bonds is 4. The van der Waals surface area contributed by atoms with Gasteiger partial charge in [0.1, 0.15) is 10.1 Å². The number of hydrogen-bond acceptors (Lipinski definition) is 4. The Bertz CT molecular complexity index is 514. The van der Waals surface area contributed by atoms with Crippen LogP contribution in [0.2, 0.25) is 5.02 Å². The molecular formula is C13H14ClN3S. The quantitative estimate of drug-likeness (QED) is 0.934. The number of aromatic nitrogens is 2. The first-order valence-corrected chi connectivity index (χ1v) is 6.83. The minimum absolute atomic E-state index is 0.149. The molecule has 0 spiro atoms. The van der Waals surface area contributed by atoms with Gasteiger partial charge in [0.2, 0.25) is 0 Å². The molecule has 0 amide bonds. The van der Waals surface area contributed by atoms with E-state index in [0.717, 1.165) is 22.0 Å². The summed E-state index contributed by atoms with van der Waals surface area (Å²) in [6.07, 6.45) is 4.41. The van der Waals surface area contributed by atoms with Crippen molar-refractivity contribution in [3.05, 3.63) is 47.2 Å². The third kappa shape index (κ3) is 3.70. The maximum absolute atomic E-state index is 6.05. The number of halogens is 1. The molecule has 18 heavy (non-hydrogen) atoms. The van der Waals surface area contributed by atoms with Crippen molar-refractivity contribution in [1.29, 1.82) is 0 Å². The van der Waals surface area contributed by atoms with E-state index in [0.29, 0.717) is 5.02 Å². The molecule has 2 aromatic rings. The minimum atomic E-state index is 0.149. The molecule has 0 fully saturated rings. The van der Waals surface area contributed by atoms with E-state index in [9.17, 15) is 0 Å². The second-order valence-electron chi connectivity index (χ2n) is 4.08. The van der Waals surface area contributed by atoms with Gasteiger partial charge in [0.05, 0.1) is 5.02 Å². The molecule has 2 rings (SSSR count). The SMILES string of the molecule is CC(N)Cc1ccc(Sc2ncccc2Cl)nc1. The molecule has 2 N–H and O–H groups in total. The van der Waals surface area contributed by atoms with Crippen molar-refractivity contribution >= 4 is 23.4 Å². The first kappa shape index (κ1) is 13.3. The molecule has 2 aromatic heterocycles. The van der Waals surface area contributed by atoms with Crippen LogP contribution < -0.4 is 5.73 Å². The second-order valence-corrected chi connectivity index (χ2v) is 5.49. The van der Waals surface area contributed by atoms with Crippen LogP contribution >= 0.6 is 23.4 Å². The molecule has 0 bridgehead atoms. The molecule has 1 unspecified atom stereocenters. The lowest BCUT2D eigenvalue weighted by Gasteiger charge is -2.06. The highest BCUT2D eigenvalue weighted by Crippen LogP contribution is 2.29. The predicted octanol–water partition coefficient (Wildman–Crippen LogP) is 3.17. The number of nitrogens with zero attached hydrogens (tertiary/aromatic N) is 2. The smallest absolute Gasteiger partial charge is 0.121 e.